The normalized spacial score (nSPS) is 25.7. The lowest BCUT2D eigenvalue weighted by Gasteiger charge is -2.23. The van der Waals surface area contributed by atoms with Gasteiger partial charge in [-0.3, -0.25) is 4.98 Å². The molecule has 2 unspecified atom stereocenters. The topological polar surface area (TPSA) is 60.2 Å². The quantitative estimate of drug-likeness (QED) is 0.834. The highest BCUT2D eigenvalue weighted by molar-refractivity contribution is 7.80. The average molecular weight is 291 g/mol. The molecular weight excluding hydrogens is 270 g/mol. The maximum absolute atomic E-state index is 5.88. The van der Waals surface area contributed by atoms with Gasteiger partial charge in [-0.15, -0.1) is 0 Å². The second kappa shape index (κ2) is 5.30. The number of rotatable bonds is 4. The highest BCUT2D eigenvalue weighted by atomic mass is 32.1. The number of anilines is 1. The summed E-state index contributed by atoms with van der Waals surface area (Å²) in [5, 5.41) is 3.61. The molecule has 3 rings (SSSR count). The average Bonchev–Trinajstić information content (AvgIpc) is 3.09. The third kappa shape index (κ3) is 2.65. The Morgan fingerprint density at radius 1 is 1.40 bits per heavy atom. The number of aryl methyl sites for hydroxylation is 2. The van der Waals surface area contributed by atoms with Gasteiger partial charge in [-0.25, -0.2) is 0 Å². The lowest BCUT2D eigenvalue weighted by Crippen LogP contribution is -2.32. The van der Waals surface area contributed by atoms with Crippen molar-refractivity contribution in [1.82, 2.24) is 4.98 Å². The van der Waals surface area contributed by atoms with Gasteiger partial charge in [-0.2, -0.15) is 0 Å². The molecule has 2 atom stereocenters. The molecule has 0 radical (unpaired) electrons. The maximum Gasteiger partial charge on any atom is 0.107 e. The van der Waals surface area contributed by atoms with E-state index in [0.29, 0.717) is 17.1 Å². The molecule has 1 saturated carbocycles. The first-order valence-corrected chi connectivity index (χ1v) is 7.63. The second-order valence-corrected chi connectivity index (χ2v) is 6.29. The van der Waals surface area contributed by atoms with Crippen LogP contribution in [-0.2, 0) is 4.74 Å². The summed E-state index contributed by atoms with van der Waals surface area (Å²) < 4.78 is 5.88. The Bertz CT molecular complexity index is 542. The van der Waals surface area contributed by atoms with E-state index >= 15 is 0 Å². The molecule has 4 nitrogen and oxygen atoms in total. The van der Waals surface area contributed by atoms with Gasteiger partial charge >= 0.3 is 0 Å². The SMILES string of the molecule is Cc1cc(NC2CCOC2C2CC2)c(C(N)=S)c(C)n1. The minimum Gasteiger partial charge on any atom is -0.389 e. The Morgan fingerprint density at radius 3 is 2.80 bits per heavy atom. The number of ether oxygens (including phenoxy) is 1. The van der Waals surface area contributed by atoms with Crippen molar-refractivity contribution in [3.8, 4) is 0 Å². The summed E-state index contributed by atoms with van der Waals surface area (Å²) in [6.07, 6.45) is 3.96. The second-order valence-electron chi connectivity index (χ2n) is 5.85. The van der Waals surface area contributed by atoms with Crippen LogP contribution in [0.5, 0.6) is 0 Å². The predicted octanol–water partition coefficient (Wildman–Crippen LogP) is 2.31. The van der Waals surface area contributed by atoms with Gasteiger partial charge in [0.25, 0.3) is 0 Å². The first kappa shape index (κ1) is 13.8. The van der Waals surface area contributed by atoms with Gasteiger partial charge < -0.3 is 15.8 Å². The first-order chi connectivity index (χ1) is 9.56. The number of nitrogens with one attached hydrogen (secondary N) is 1. The van der Waals surface area contributed by atoms with Crippen LogP contribution in [0.1, 0.15) is 36.2 Å². The lowest BCUT2D eigenvalue weighted by atomic mass is 10.0. The zero-order valence-corrected chi connectivity index (χ0v) is 12.8. The van der Waals surface area contributed by atoms with Crippen LogP contribution in [-0.4, -0.2) is 28.7 Å². The van der Waals surface area contributed by atoms with Crippen molar-refractivity contribution < 1.29 is 4.74 Å². The number of aromatic nitrogens is 1. The fraction of sp³-hybridized carbons (Fsp3) is 0.600. The molecule has 0 bridgehead atoms. The lowest BCUT2D eigenvalue weighted by molar-refractivity contribution is 0.0898. The van der Waals surface area contributed by atoms with Crippen LogP contribution >= 0.6 is 12.2 Å². The predicted molar refractivity (Wildman–Crippen MR) is 84.1 cm³/mol. The van der Waals surface area contributed by atoms with Crippen molar-refractivity contribution in [2.45, 2.75) is 45.3 Å². The zero-order valence-electron chi connectivity index (χ0n) is 12.0. The number of thiocarbonyl (C=S) groups is 1. The molecule has 0 amide bonds. The Kier molecular flexibility index (Phi) is 3.65. The van der Waals surface area contributed by atoms with E-state index in [-0.39, 0.29) is 0 Å². The largest absolute Gasteiger partial charge is 0.389 e. The summed E-state index contributed by atoms with van der Waals surface area (Å²) >= 11 is 5.18. The van der Waals surface area contributed by atoms with Crippen molar-refractivity contribution in [2.24, 2.45) is 11.7 Å². The summed E-state index contributed by atoms with van der Waals surface area (Å²) in [5.41, 5.74) is 9.61. The summed E-state index contributed by atoms with van der Waals surface area (Å²) in [6.45, 7) is 4.78. The van der Waals surface area contributed by atoms with Crippen LogP contribution in [0.3, 0.4) is 0 Å². The molecule has 20 heavy (non-hydrogen) atoms. The highest BCUT2D eigenvalue weighted by Crippen LogP contribution is 2.40. The van der Waals surface area contributed by atoms with Crippen LogP contribution in [0.25, 0.3) is 0 Å². The van der Waals surface area contributed by atoms with Crippen molar-refractivity contribution in [3.63, 3.8) is 0 Å². The van der Waals surface area contributed by atoms with E-state index in [9.17, 15) is 0 Å². The van der Waals surface area contributed by atoms with E-state index in [1.165, 1.54) is 12.8 Å². The van der Waals surface area contributed by atoms with E-state index in [1.54, 1.807) is 0 Å². The van der Waals surface area contributed by atoms with Crippen molar-refractivity contribution >= 4 is 22.9 Å². The Morgan fingerprint density at radius 2 is 2.15 bits per heavy atom. The first-order valence-electron chi connectivity index (χ1n) is 7.22. The van der Waals surface area contributed by atoms with Gasteiger partial charge in [-0.1, -0.05) is 12.2 Å². The zero-order chi connectivity index (χ0) is 14.3. The molecule has 2 heterocycles. The molecule has 1 aliphatic heterocycles. The number of pyridine rings is 1. The van der Waals surface area contributed by atoms with Crippen molar-refractivity contribution in [3.05, 3.63) is 23.0 Å². The fourth-order valence-electron chi connectivity index (χ4n) is 3.11. The molecule has 2 aliphatic rings. The summed E-state index contributed by atoms with van der Waals surface area (Å²) in [6, 6.07) is 2.39. The van der Waals surface area contributed by atoms with E-state index in [1.807, 2.05) is 19.9 Å². The monoisotopic (exact) mass is 291 g/mol. The molecule has 1 aromatic rings. The van der Waals surface area contributed by atoms with Crippen LogP contribution in [0, 0.1) is 19.8 Å². The molecule has 108 valence electrons. The third-order valence-electron chi connectivity index (χ3n) is 4.14. The molecule has 0 aromatic carbocycles. The van der Waals surface area contributed by atoms with Gasteiger partial charge in [0, 0.05) is 23.7 Å². The van der Waals surface area contributed by atoms with Gasteiger partial charge in [0.2, 0.25) is 0 Å². The number of nitrogens with zero attached hydrogens (tertiary/aromatic N) is 1. The van der Waals surface area contributed by atoms with Crippen molar-refractivity contribution in [2.75, 3.05) is 11.9 Å². The minimum absolute atomic E-state index is 0.336. The Hall–Kier alpha value is -1.20. The van der Waals surface area contributed by atoms with E-state index in [4.69, 9.17) is 22.7 Å². The van der Waals surface area contributed by atoms with E-state index in [0.717, 1.165) is 41.6 Å². The molecule has 0 spiro atoms. The third-order valence-corrected chi connectivity index (χ3v) is 4.34. The molecule has 1 aliphatic carbocycles. The van der Waals surface area contributed by atoms with Crippen LogP contribution < -0.4 is 11.1 Å². The molecular formula is C15H21N3OS. The van der Waals surface area contributed by atoms with Crippen LogP contribution in [0.15, 0.2) is 6.07 Å². The summed E-state index contributed by atoms with van der Waals surface area (Å²) in [5.74, 6) is 0.729. The van der Waals surface area contributed by atoms with Gasteiger partial charge in [0.05, 0.1) is 17.7 Å². The summed E-state index contributed by atoms with van der Waals surface area (Å²) in [7, 11) is 0. The molecule has 1 saturated heterocycles. The molecule has 1 aromatic heterocycles. The number of nitrogens with two attached hydrogens (primary N) is 1. The Balaban J connectivity index is 1.87. The van der Waals surface area contributed by atoms with Gasteiger partial charge in [0.1, 0.15) is 4.99 Å². The fourth-order valence-corrected chi connectivity index (χ4v) is 3.37. The Labute approximate surface area is 125 Å². The minimum atomic E-state index is 0.336. The van der Waals surface area contributed by atoms with E-state index in [2.05, 4.69) is 10.3 Å². The highest BCUT2D eigenvalue weighted by Gasteiger charge is 2.40. The molecule has 2 fully saturated rings. The standard InChI is InChI=1S/C15H21N3OS/c1-8-7-12(13(15(16)20)9(2)17-8)18-11-5-6-19-14(11)10-3-4-10/h7,10-11,14H,3-6H2,1-2H3,(H2,16,20)(H,17,18). The van der Waals surface area contributed by atoms with Crippen molar-refractivity contribution in [1.29, 1.82) is 0 Å². The number of hydrogen-bond donors (Lipinski definition) is 2. The van der Waals surface area contributed by atoms with Crippen LogP contribution in [0.4, 0.5) is 5.69 Å². The maximum atomic E-state index is 5.88. The van der Waals surface area contributed by atoms with Gasteiger partial charge in [0.15, 0.2) is 0 Å². The van der Waals surface area contributed by atoms with Gasteiger partial charge in [-0.05, 0) is 45.1 Å². The number of hydrogen-bond acceptors (Lipinski definition) is 4. The molecule has 5 heteroatoms. The van der Waals surface area contributed by atoms with Crippen LogP contribution in [0.2, 0.25) is 0 Å². The molecule has 3 N–H and O–H groups in total. The summed E-state index contributed by atoms with van der Waals surface area (Å²) in [4.78, 5) is 4.86. The smallest absolute Gasteiger partial charge is 0.107 e. The van der Waals surface area contributed by atoms with E-state index < -0.39 is 0 Å².